The molecule has 1 saturated heterocycles. The maximum absolute atomic E-state index is 10.7. The maximum atomic E-state index is 10.7. The van der Waals surface area contributed by atoms with Gasteiger partial charge in [0.05, 0.1) is 19.8 Å². The molecule has 1 rings (SSSR count). The van der Waals surface area contributed by atoms with Crippen LogP contribution in [-0.2, 0) is 19.0 Å². The number of hydrogen-bond acceptors (Lipinski definition) is 7. The Labute approximate surface area is 206 Å². The van der Waals surface area contributed by atoms with Crippen molar-refractivity contribution in [1.82, 2.24) is 5.32 Å². The van der Waals surface area contributed by atoms with Gasteiger partial charge < -0.3 is 35.5 Å². The zero-order valence-electron chi connectivity index (χ0n) is 21.3. The third-order valence-electron chi connectivity index (χ3n) is 6.20. The van der Waals surface area contributed by atoms with E-state index in [9.17, 15) is 15.0 Å². The second-order valence-corrected chi connectivity index (χ2v) is 9.21. The number of carbonyl (C=O) groups excluding carboxylic acids is 1. The first-order valence-electron chi connectivity index (χ1n) is 13.5. The summed E-state index contributed by atoms with van der Waals surface area (Å²) in [5, 5.41) is 22.6. The van der Waals surface area contributed by atoms with Gasteiger partial charge >= 0.3 is 0 Å². The predicted molar refractivity (Wildman–Crippen MR) is 134 cm³/mol. The van der Waals surface area contributed by atoms with Crippen LogP contribution in [0.2, 0.25) is 0 Å². The molecule has 1 amide bonds. The smallest absolute Gasteiger partial charge is 0.242 e. The van der Waals surface area contributed by atoms with Gasteiger partial charge in [-0.1, -0.05) is 90.4 Å². The minimum absolute atomic E-state index is 0.278. The van der Waals surface area contributed by atoms with Gasteiger partial charge in [-0.3, -0.25) is 4.79 Å². The van der Waals surface area contributed by atoms with Crippen LogP contribution in [0.4, 0.5) is 0 Å². The van der Waals surface area contributed by atoms with Crippen LogP contribution in [-0.4, -0.2) is 67.1 Å². The Morgan fingerprint density at radius 1 is 0.912 bits per heavy atom. The van der Waals surface area contributed by atoms with E-state index >= 15 is 0 Å². The molecule has 4 atom stereocenters. The summed E-state index contributed by atoms with van der Waals surface area (Å²) in [6.07, 6.45) is 18.0. The average Bonchev–Trinajstić information content (AvgIpc) is 3.12. The fraction of sp³-hybridized carbons (Fsp3) is 0.885. The molecule has 1 aliphatic heterocycles. The van der Waals surface area contributed by atoms with Crippen molar-refractivity contribution < 1.29 is 29.2 Å². The first-order chi connectivity index (χ1) is 16.6. The Bertz CT molecular complexity index is 520. The summed E-state index contributed by atoms with van der Waals surface area (Å²) in [5.41, 5.74) is 5.03. The van der Waals surface area contributed by atoms with Crippen LogP contribution in [0.1, 0.15) is 96.8 Å². The summed E-state index contributed by atoms with van der Waals surface area (Å²) >= 11 is 0. The quantitative estimate of drug-likeness (QED) is 0.129. The van der Waals surface area contributed by atoms with Gasteiger partial charge in [0, 0.05) is 18.9 Å². The number of hydrogen-bond donors (Lipinski definition) is 4. The summed E-state index contributed by atoms with van der Waals surface area (Å²) in [6.45, 7) is 3.43. The van der Waals surface area contributed by atoms with Crippen LogP contribution < -0.4 is 11.1 Å². The number of rotatable bonds is 23. The lowest BCUT2D eigenvalue weighted by Crippen LogP contribution is -2.40. The SMILES string of the molecule is CCCCCCCCCCCCCCCCOCCOC1C(CO)OC(N/C=C\C(N)=O)C1O. The molecule has 0 aromatic heterocycles. The van der Waals surface area contributed by atoms with Gasteiger partial charge in [0.1, 0.15) is 18.3 Å². The first-order valence-corrected chi connectivity index (χ1v) is 13.5. The van der Waals surface area contributed by atoms with Gasteiger partial charge in [-0.15, -0.1) is 0 Å². The molecule has 1 fully saturated rings. The van der Waals surface area contributed by atoms with Crippen molar-refractivity contribution in [2.45, 2.75) is 121 Å². The van der Waals surface area contributed by atoms with Crippen molar-refractivity contribution in [3.8, 4) is 0 Å². The molecule has 1 aliphatic rings. The molecule has 0 aromatic carbocycles. The molecule has 34 heavy (non-hydrogen) atoms. The van der Waals surface area contributed by atoms with Gasteiger partial charge in [0.15, 0.2) is 6.23 Å². The summed E-state index contributed by atoms with van der Waals surface area (Å²) in [6, 6.07) is 0. The van der Waals surface area contributed by atoms with Crippen LogP contribution in [0.25, 0.3) is 0 Å². The lowest BCUT2D eigenvalue weighted by atomic mass is 10.0. The fourth-order valence-electron chi connectivity index (χ4n) is 4.20. The molecule has 5 N–H and O–H groups in total. The van der Waals surface area contributed by atoms with Crippen LogP contribution in [0, 0.1) is 0 Å². The van der Waals surface area contributed by atoms with E-state index < -0.39 is 30.4 Å². The van der Waals surface area contributed by atoms with Gasteiger partial charge in [-0.05, 0) is 6.42 Å². The molecule has 0 radical (unpaired) electrons. The summed E-state index contributed by atoms with van der Waals surface area (Å²) in [5.74, 6) is -0.609. The third kappa shape index (κ3) is 14.9. The molecule has 0 aliphatic carbocycles. The molecule has 0 aromatic rings. The Hall–Kier alpha value is -1.19. The van der Waals surface area contributed by atoms with Crippen molar-refractivity contribution in [3.63, 3.8) is 0 Å². The number of nitrogens with one attached hydrogen (secondary N) is 1. The number of primary amides is 1. The number of amides is 1. The number of ether oxygens (including phenoxy) is 3. The number of unbranched alkanes of at least 4 members (excludes halogenated alkanes) is 13. The molecule has 8 nitrogen and oxygen atoms in total. The van der Waals surface area contributed by atoms with Crippen LogP contribution in [0.3, 0.4) is 0 Å². The topological polar surface area (TPSA) is 123 Å². The van der Waals surface area contributed by atoms with Crippen molar-refractivity contribution in [2.75, 3.05) is 26.4 Å². The Morgan fingerprint density at radius 3 is 2.00 bits per heavy atom. The standard InChI is InChI=1S/C26H50N2O6/c1-2-3-4-5-6-7-8-9-10-11-12-13-14-15-18-32-19-20-33-25-22(21-29)34-26(24(25)31)28-17-16-23(27)30/h16-17,22,24-26,28-29,31H,2-15,18-21H2,1H3,(H2,27,30)/b17-16-. The summed E-state index contributed by atoms with van der Waals surface area (Å²) < 4.78 is 16.8. The average molecular weight is 487 g/mol. The summed E-state index contributed by atoms with van der Waals surface area (Å²) in [4.78, 5) is 10.7. The molecule has 0 spiro atoms. The highest BCUT2D eigenvalue weighted by molar-refractivity contribution is 5.85. The van der Waals surface area contributed by atoms with Crippen LogP contribution in [0.15, 0.2) is 12.3 Å². The van der Waals surface area contributed by atoms with Crippen molar-refractivity contribution in [3.05, 3.63) is 12.3 Å². The minimum Gasteiger partial charge on any atom is -0.394 e. The van der Waals surface area contributed by atoms with E-state index in [0.717, 1.165) is 12.5 Å². The highest BCUT2D eigenvalue weighted by Gasteiger charge is 2.43. The zero-order chi connectivity index (χ0) is 24.9. The molecule has 0 saturated carbocycles. The van der Waals surface area contributed by atoms with Crippen molar-refractivity contribution in [2.24, 2.45) is 5.73 Å². The predicted octanol–water partition coefficient (Wildman–Crippen LogP) is 3.54. The highest BCUT2D eigenvalue weighted by Crippen LogP contribution is 2.22. The maximum Gasteiger partial charge on any atom is 0.242 e. The zero-order valence-corrected chi connectivity index (χ0v) is 21.3. The molecule has 0 bridgehead atoms. The monoisotopic (exact) mass is 486 g/mol. The lowest BCUT2D eigenvalue weighted by Gasteiger charge is -2.19. The molecular formula is C26H50N2O6. The molecule has 8 heteroatoms. The second-order valence-electron chi connectivity index (χ2n) is 9.21. The largest absolute Gasteiger partial charge is 0.394 e. The Kier molecular flexibility index (Phi) is 19.2. The third-order valence-corrected chi connectivity index (χ3v) is 6.20. The van der Waals surface area contributed by atoms with E-state index in [1.54, 1.807) is 0 Å². The molecule has 200 valence electrons. The van der Waals surface area contributed by atoms with Gasteiger partial charge in [0.25, 0.3) is 0 Å². The van der Waals surface area contributed by atoms with Gasteiger partial charge in [0.2, 0.25) is 5.91 Å². The van der Waals surface area contributed by atoms with E-state index in [-0.39, 0.29) is 6.61 Å². The van der Waals surface area contributed by atoms with Gasteiger partial charge in [-0.2, -0.15) is 0 Å². The normalized spacial score (nSPS) is 22.6. The Morgan fingerprint density at radius 2 is 1.47 bits per heavy atom. The van der Waals surface area contributed by atoms with Crippen LogP contribution >= 0.6 is 0 Å². The Balaban J connectivity index is 1.92. The van der Waals surface area contributed by atoms with E-state index in [0.29, 0.717) is 19.8 Å². The lowest BCUT2D eigenvalue weighted by molar-refractivity contribution is -0.113. The van der Waals surface area contributed by atoms with E-state index in [1.165, 1.54) is 89.7 Å². The second kappa shape index (κ2) is 21.1. The molecule has 4 unspecified atom stereocenters. The minimum atomic E-state index is -0.986. The number of aliphatic hydroxyl groups excluding tert-OH is 2. The van der Waals surface area contributed by atoms with Crippen LogP contribution in [0.5, 0.6) is 0 Å². The molecule has 1 heterocycles. The van der Waals surface area contributed by atoms with Crippen molar-refractivity contribution >= 4 is 5.91 Å². The van der Waals surface area contributed by atoms with E-state index in [1.807, 2.05) is 0 Å². The number of aliphatic hydroxyl groups is 2. The molecular weight excluding hydrogens is 436 g/mol. The number of nitrogens with two attached hydrogens (primary N) is 1. The highest BCUT2D eigenvalue weighted by atomic mass is 16.6. The fourth-order valence-corrected chi connectivity index (χ4v) is 4.20. The van der Waals surface area contributed by atoms with Gasteiger partial charge in [-0.25, -0.2) is 0 Å². The number of carbonyl (C=O) groups is 1. The van der Waals surface area contributed by atoms with Crippen molar-refractivity contribution in [1.29, 1.82) is 0 Å². The van der Waals surface area contributed by atoms with E-state index in [4.69, 9.17) is 19.9 Å². The first kappa shape index (κ1) is 30.8. The van der Waals surface area contributed by atoms with E-state index in [2.05, 4.69) is 12.2 Å². The summed E-state index contributed by atoms with van der Waals surface area (Å²) in [7, 11) is 0.